The fourth-order valence-electron chi connectivity index (χ4n) is 3.66. The van der Waals surface area contributed by atoms with Crippen molar-refractivity contribution in [3.8, 4) is 0 Å². The maximum absolute atomic E-state index is 13.6. The van der Waals surface area contributed by atoms with Crippen molar-refractivity contribution in [3.05, 3.63) is 94.0 Å². The van der Waals surface area contributed by atoms with Crippen LogP contribution < -0.4 is 9.62 Å². The predicted octanol–water partition coefficient (Wildman–Crippen LogP) is 6.33. The van der Waals surface area contributed by atoms with E-state index in [0.717, 1.165) is 21.0 Å². The highest BCUT2D eigenvalue weighted by atomic mass is 35.5. The SMILES string of the molecule is Cc1ccc(S(=O)(=O)N(CC(=O)NC(C)c2ccc(C(C)(C)C)cc2)c2ccc(C)c(Cl)c2)cc1. The average molecular weight is 513 g/mol. The number of hydrogen-bond acceptors (Lipinski definition) is 3. The van der Waals surface area contributed by atoms with Gasteiger partial charge < -0.3 is 5.32 Å². The first-order valence-electron chi connectivity index (χ1n) is 11.5. The van der Waals surface area contributed by atoms with Gasteiger partial charge in [0, 0.05) is 5.02 Å². The molecule has 0 heterocycles. The van der Waals surface area contributed by atoms with Crippen LogP contribution in [0.5, 0.6) is 0 Å². The maximum atomic E-state index is 13.6. The van der Waals surface area contributed by atoms with Crippen molar-refractivity contribution < 1.29 is 13.2 Å². The standard InChI is InChI=1S/C28H33ClN2O3S/c1-19-7-15-25(16-8-19)35(33,34)31(24-14-9-20(2)26(29)17-24)18-27(32)30-21(3)22-10-12-23(13-11-22)28(4,5)6/h7-17,21H,18H2,1-6H3,(H,30,32). The van der Waals surface area contributed by atoms with Crippen LogP contribution in [-0.2, 0) is 20.2 Å². The molecule has 0 radical (unpaired) electrons. The lowest BCUT2D eigenvalue weighted by Gasteiger charge is -2.26. The Balaban J connectivity index is 1.87. The normalized spacial score (nSPS) is 12.8. The molecule has 1 amide bonds. The van der Waals surface area contributed by atoms with Gasteiger partial charge in [-0.15, -0.1) is 0 Å². The van der Waals surface area contributed by atoms with Crippen LogP contribution in [0.25, 0.3) is 0 Å². The summed E-state index contributed by atoms with van der Waals surface area (Å²) in [7, 11) is -4.00. The van der Waals surface area contributed by atoms with Gasteiger partial charge in [-0.1, -0.05) is 80.4 Å². The molecule has 7 heteroatoms. The van der Waals surface area contributed by atoms with Crippen LogP contribution >= 0.6 is 11.6 Å². The van der Waals surface area contributed by atoms with Crippen LogP contribution in [0, 0.1) is 13.8 Å². The fourth-order valence-corrected chi connectivity index (χ4v) is 5.25. The van der Waals surface area contributed by atoms with Gasteiger partial charge >= 0.3 is 0 Å². The summed E-state index contributed by atoms with van der Waals surface area (Å²) in [6.45, 7) is 11.7. The van der Waals surface area contributed by atoms with Crippen LogP contribution in [0.2, 0.25) is 5.02 Å². The average Bonchev–Trinajstić information content (AvgIpc) is 2.79. The molecule has 1 unspecified atom stereocenters. The first-order chi connectivity index (χ1) is 16.3. The Hall–Kier alpha value is -2.83. The quantitative estimate of drug-likeness (QED) is 0.402. The van der Waals surface area contributed by atoms with E-state index in [4.69, 9.17) is 11.6 Å². The minimum absolute atomic E-state index is 0.0329. The number of benzene rings is 3. The highest BCUT2D eigenvalue weighted by Crippen LogP contribution is 2.28. The lowest BCUT2D eigenvalue weighted by atomic mass is 9.86. The number of sulfonamides is 1. The third kappa shape index (κ3) is 6.44. The topological polar surface area (TPSA) is 66.5 Å². The van der Waals surface area contributed by atoms with E-state index in [1.165, 1.54) is 5.56 Å². The number of halogens is 1. The van der Waals surface area contributed by atoms with E-state index >= 15 is 0 Å². The molecular weight excluding hydrogens is 480 g/mol. The van der Waals surface area contributed by atoms with Gasteiger partial charge in [0.1, 0.15) is 6.54 Å². The lowest BCUT2D eigenvalue weighted by molar-refractivity contribution is -0.120. The maximum Gasteiger partial charge on any atom is 0.264 e. The number of carbonyl (C=O) groups excluding carboxylic acids is 1. The van der Waals surface area contributed by atoms with E-state index in [9.17, 15) is 13.2 Å². The first kappa shape index (κ1) is 26.8. The molecule has 1 atom stereocenters. The van der Waals surface area contributed by atoms with E-state index in [1.807, 2.05) is 32.9 Å². The molecule has 0 spiro atoms. The van der Waals surface area contributed by atoms with Crippen LogP contribution in [-0.4, -0.2) is 20.9 Å². The van der Waals surface area contributed by atoms with Crippen LogP contribution in [0.1, 0.15) is 56.0 Å². The van der Waals surface area contributed by atoms with Gasteiger partial charge in [-0.3, -0.25) is 9.10 Å². The third-order valence-corrected chi connectivity index (χ3v) is 8.19. The van der Waals surface area contributed by atoms with Crippen molar-refractivity contribution >= 4 is 33.2 Å². The number of aryl methyl sites for hydroxylation is 2. The highest BCUT2D eigenvalue weighted by molar-refractivity contribution is 7.92. The zero-order valence-corrected chi connectivity index (χ0v) is 22.7. The zero-order chi connectivity index (χ0) is 26.0. The smallest absolute Gasteiger partial charge is 0.264 e. The van der Waals surface area contributed by atoms with E-state index in [0.29, 0.717) is 10.7 Å². The Labute approximate surface area is 214 Å². The molecule has 35 heavy (non-hydrogen) atoms. The zero-order valence-electron chi connectivity index (χ0n) is 21.1. The summed E-state index contributed by atoms with van der Waals surface area (Å²) in [4.78, 5) is 13.2. The molecule has 0 bridgehead atoms. The van der Waals surface area contributed by atoms with Gasteiger partial charge in [0.15, 0.2) is 0 Å². The minimum atomic E-state index is -4.00. The molecule has 1 N–H and O–H groups in total. The lowest BCUT2D eigenvalue weighted by Crippen LogP contribution is -2.41. The molecule has 0 aromatic heterocycles. The van der Waals surface area contributed by atoms with E-state index in [-0.39, 0.29) is 22.9 Å². The number of hydrogen-bond donors (Lipinski definition) is 1. The summed E-state index contributed by atoms with van der Waals surface area (Å²) in [5.74, 6) is -0.412. The molecule has 0 aliphatic heterocycles. The van der Waals surface area contributed by atoms with Gasteiger partial charge in [0.2, 0.25) is 5.91 Å². The molecule has 0 saturated carbocycles. The van der Waals surface area contributed by atoms with Gasteiger partial charge in [0.25, 0.3) is 10.0 Å². The number of anilines is 1. The van der Waals surface area contributed by atoms with Gasteiger partial charge in [-0.05, 0) is 67.1 Å². The monoisotopic (exact) mass is 512 g/mol. The van der Waals surface area contributed by atoms with Crippen molar-refractivity contribution in [2.45, 2.75) is 57.9 Å². The van der Waals surface area contributed by atoms with Crippen molar-refractivity contribution in [3.63, 3.8) is 0 Å². The number of nitrogens with one attached hydrogen (secondary N) is 1. The number of nitrogens with zero attached hydrogens (tertiary/aromatic N) is 1. The predicted molar refractivity (Wildman–Crippen MR) is 144 cm³/mol. The molecular formula is C28H33ClN2O3S. The molecule has 3 rings (SSSR count). The van der Waals surface area contributed by atoms with E-state index in [2.05, 4.69) is 38.2 Å². The van der Waals surface area contributed by atoms with Crippen molar-refractivity contribution in [1.29, 1.82) is 0 Å². The molecule has 0 saturated heterocycles. The third-order valence-electron chi connectivity index (χ3n) is 5.99. The van der Waals surface area contributed by atoms with Crippen LogP contribution in [0.15, 0.2) is 71.6 Å². The summed E-state index contributed by atoms with van der Waals surface area (Å²) >= 11 is 6.30. The summed E-state index contributed by atoms with van der Waals surface area (Å²) in [6, 6.07) is 19.3. The van der Waals surface area contributed by atoms with Crippen molar-refractivity contribution in [2.24, 2.45) is 0 Å². The summed E-state index contributed by atoms with van der Waals surface area (Å²) < 4.78 is 28.2. The van der Waals surface area contributed by atoms with Crippen molar-refractivity contribution in [2.75, 3.05) is 10.8 Å². The number of amides is 1. The molecule has 0 aliphatic rings. The second-order valence-corrected chi connectivity index (χ2v) is 12.2. The minimum Gasteiger partial charge on any atom is -0.348 e. The first-order valence-corrected chi connectivity index (χ1v) is 13.4. The Morgan fingerprint density at radius 2 is 1.57 bits per heavy atom. The number of rotatable bonds is 7. The molecule has 5 nitrogen and oxygen atoms in total. The van der Waals surface area contributed by atoms with Gasteiger partial charge in [-0.2, -0.15) is 0 Å². The Bertz CT molecular complexity index is 1300. The van der Waals surface area contributed by atoms with E-state index < -0.39 is 15.9 Å². The van der Waals surface area contributed by atoms with Crippen LogP contribution in [0.3, 0.4) is 0 Å². The summed E-state index contributed by atoms with van der Waals surface area (Å²) in [5, 5.41) is 3.37. The molecule has 186 valence electrons. The molecule has 0 aliphatic carbocycles. The van der Waals surface area contributed by atoms with Crippen LogP contribution in [0.4, 0.5) is 5.69 Å². The summed E-state index contributed by atoms with van der Waals surface area (Å²) in [5.41, 5.74) is 4.27. The van der Waals surface area contributed by atoms with E-state index in [1.54, 1.807) is 42.5 Å². The van der Waals surface area contributed by atoms with Gasteiger partial charge in [-0.25, -0.2) is 8.42 Å². The number of carbonyl (C=O) groups is 1. The largest absolute Gasteiger partial charge is 0.348 e. The Morgan fingerprint density at radius 3 is 2.11 bits per heavy atom. The molecule has 3 aromatic rings. The second kappa shape index (κ2) is 10.4. The highest BCUT2D eigenvalue weighted by Gasteiger charge is 2.28. The van der Waals surface area contributed by atoms with Gasteiger partial charge in [0.05, 0.1) is 16.6 Å². The van der Waals surface area contributed by atoms with Crippen molar-refractivity contribution in [1.82, 2.24) is 5.32 Å². The second-order valence-electron chi connectivity index (χ2n) is 9.92. The summed E-state index contributed by atoms with van der Waals surface area (Å²) in [6.07, 6.45) is 0. The Morgan fingerprint density at radius 1 is 0.971 bits per heavy atom. The molecule has 0 fully saturated rings. The fraction of sp³-hybridized carbons (Fsp3) is 0.321. The Kier molecular flexibility index (Phi) is 7.97. The molecule has 3 aromatic carbocycles.